The van der Waals surface area contributed by atoms with E-state index in [1.807, 2.05) is 85.7 Å². The van der Waals surface area contributed by atoms with E-state index >= 15 is 0 Å². The lowest BCUT2D eigenvalue weighted by Gasteiger charge is -2.37. The van der Waals surface area contributed by atoms with Gasteiger partial charge in [0.05, 0.1) is 5.76 Å². The summed E-state index contributed by atoms with van der Waals surface area (Å²) in [7, 11) is -0.406. The van der Waals surface area contributed by atoms with E-state index in [9.17, 15) is 14.4 Å². The fourth-order valence-electron chi connectivity index (χ4n) is 5.50. The molecule has 12 heteroatoms. The van der Waals surface area contributed by atoms with Crippen LogP contribution >= 0.6 is 0 Å². The second-order valence-electron chi connectivity index (χ2n) is 15.0. The molecule has 2 fully saturated rings. The summed E-state index contributed by atoms with van der Waals surface area (Å²) in [6.45, 7) is 22.1. The number of unbranched alkanes of at least 4 members (excludes halogenated alkanes) is 1. The van der Waals surface area contributed by atoms with Crippen LogP contribution in [0.5, 0.6) is 0 Å². The fourth-order valence-corrected chi connectivity index (χ4v) is 5.50. The molecule has 47 heavy (non-hydrogen) atoms. The van der Waals surface area contributed by atoms with E-state index in [1.165, 1.54) is 0 Å². The van der Waals surface area contributed by atoms with E-state index in [1.54, 1.807) is 4.90 Å². The molecule has 0 spiro atoms. The smallest absolute Gasteiger partial charge is 0.525 e. The average molecular weight is 658 g/mol. The summed E-state index contributed by atoms with van der Waals surface area (Å²) >= 11 is 0. The fraction of sp³-hybridized carbons (Fsp3) is 0.686. The van der Waals surface area contributed by atoms with Gasteiger partial charge in [-0.3, -0.25) is 4.90 Å². The normalized spacial score (nSPS) is 18.3. The average Bonchev–Trinajstić information content (AvgIpc) is 3.23. The topological polar surface area (TPSA) is 116 Å². The molecule has 0 aliphatic carbocycles. The SMILES string of the molecule is C=C1OB(CCCCC(CCCN2CCN(C(=O)OC(C)(C)C)CC2)(NC(=O)OCc2ccccc2)C(=O)OC(C)(C)C)OC1(C)C. The molecule has 2 heterocycles. The molecule has 2 aliphatic heterocycles. The lowest BCUT2D eigenvalue weighted by molar-refractivity contribution is -0.164. The molecule has 1 N–H and O–H groups in total. The summed E-state index contributed by atoms with van der Waals surface area (Å²) in [6.07, 6.45) is 2.28. The Morgan fingerprint density at radius 3 is 2.11 bits per heavy atom. The van der Waals surface area contributed by atoms with Crippen LogP contribution in [0.1, 0.15) is 93.1 Å². The van der Waals surface area contributed by atoms with E-state index in [0.717, 1.165) is 5.56 Å². The van der Waals surface area contributed by atoms with Gasteiger partial charge >= 0.3 is 25.3 Å². The minimum absolute atomic E-state index is 0.0784. The summed E-state index contributed by atoms with van der Waals surface area (Å²) in [5.41, 5.74) is -2.31. The van der Waals surface area contributed by atoms with Crippen molar-refractivity contribution in [2.75, 3.05) is 32.7 Å². The van der Waals surface area contributed by atoms with E-state index in [-0.39, 0.29) is 12.7 Å². The molecule has 0 bridgehead atoms. The molecule has 3 rings (SSSR count). The van der Waals surface area contributed by atoms with Crippen molar-refractivity contribution in [3.05, 3.63) is 48.2 Å². The van der Waals surface area contributed by atoms with Gasteiger partial charge in [-0.2, -0.15) is 0 Å². The number of rotatable bonds is 13. The van der Waals surface area contributed by atoms with Crippen LogP contribution in [-0.4, -0.2) is 90.1 Å². The number of hydrogen-bond acceptors (Lipinski definition) is 9. The minimum atomic E-state index is -1.31. The summed E-state index contributed by atoms with van der Waals surface area (Å²) in [4.78, 5) is 43.7. The van der Waals surface area contributed by atoms with Crippen molar-refractivity contribution in [2.45, 2.75) is 123 Å². The van der Waals surface area contributed by atoms with Crippen LogP contribution in [-0.2, 0) is 34.9 Å². The maximum absolute atomic E-state index is 14.0. The van der Waals surface area contributed by atoms with Gasteiger partial charge in [-0.25, -0.2) is 14.4 Å². The first-order chi connectivity index (χ1) is 21.9. The highest BCUT2D eigenvalue weighted by Crippen LogP contribution is 2.32. The van der Waals surface area contributed by atoms with Crippen LogP contribution in [0.4, 0.5) is 9.59 Å². The van der Waals surface area contributed by atoms with Crippen LogP contribution < -0.4 is 5.32 Å². The largest absolute Gasteiger partial charge is 0.537 e. The number of carbonyl (C=O) groups is 3. The molecule has 1 atom stereocenters. The number of hydrogen-bond donors (Lipinski definition) is 1. The summed E-state index contributed by atoms with van der Waals surface area (Å²) in [5.74, 6) is 0.111. The molecule has 0 aromatic heterocycles. The predicted molar refractivity (Wildman–Crippen MR) is 182 cm³/mol. The molecule has 1 unspecified atom stereocenters. The van der Waals surface area contributed by atoms with E-state index in [0.29, 0.717) is 76.9 Å². The van der Waals surface area contributed by atoms with E-state index < -0.39 is 41.5 Å². The van der Waals surface area contributed by atoms with Crippen molar-refractivity contribution >= 4 is 25.3 Å². The quantitative estimate of drug-likeness (QED) is 0.113. The molecular formula is C35H56BN3O8. The van der Waals surface area contributed by atoms with Crippen LogP contribution in [0, 0.1) is 0 Å². The second kappa shape index (κ2) is 16.2. The van der Waals surface area contributed by atoms with Crippen molar-refractivity contribution in [3.63, 3.8) is 0 Å². The molecular weight excluding hydrogens is 601 g/mol. The highest BCUT2D eigenvalue weighted by Gasteiger charge is 2.44. The third kappa shape index (κ3) is 12.7. The third-order valence-corrected chi connectivity index (χ3v) is 8.11. The van der Waals surface area contributed by atoms with Gasteiger partial charge < -0.3 is 33.7 Å². The minimum Gasteiger partial charge on any atom is -0.537 e. The summed E-state index contributed by atoms with van der Waals surface area (Å²) in [5, 5.41) is 2.95. The number of esters is 1. The molecule has 1 aromatic rings. The number of piperazine rings is 1. The molecule has 0 radical (unpaired) electrons. The molecule has 2 amide bonds. The molecule has 2 saturated heterocycles. The first-order valence-electron chi connectivity index (χ1n) is 16.8. The van der Waals surface area contributed by atoms with Crippen LogP contribution in [0.2, 0.25) is 6.32 Å². The van der Waals surface area contributed by atoms with Gasteiger partial charge in [-0.1, -0.05) is 49.8 Å². The Morgan fingerprint density at radius 2 is 1.53 bits per heavy atom. The number of ether oxygens (including phenoxy) is 3. The van der Waals surface area contributed by atoms with Crippen LogP contribution in [0.3, 0.4) is 0 Å². The van der Waals surface area contributed by atoms with Crippen LogP contribution in [0.25, 0.3) is 0 Å². The molecule has 0 saturated carbocycles. The Kier molecular flexibility index (Phi) is 13.2. The zero-order valence-electron chi connectivity index (χ0n) is 29.8. The van der Waals surface area contributed by atoms with Crippen molar-refractivity contribution in [3.8, 4) is 0 Å². The Balaban J connectivity index is 1.68. The number of nitrogens with zero attached hydrogens (tertiary/aromatic N) is 2. The predicted octanol–water partition coefficient (Wildman–Crippen LogP) is 6.32. The van der Waals surface area contributed by atoms with Gasteiger partial charge in [0, 0.05) is 26.2 Å². The maximum atomic E-state index is 14.0. The first kappa shape index (κ1) is 38.2. The molecule has 1 aromatic carbocycles. The van der Waals surface area contributed by atoms with E-state index in [2.05, 4.69) is 16.8 Å². The van der Waals surface area contributed by atoms with E-state index in [4.69, 9.17) is 23.5 Å². The molecule has 262 valence electrons. The number of benzene rings is 1. The number of nitrogens with one attached hydrogen (secondary N) is 1. The Bertz CT molecular complexity index is 1210. The number of carbonyl (C=O) groups excluding carboxylic acids is 3. The van der Waals surface area contributed by atoms with Gasteiger partial charge in [0.2, 0.25) is 0 Å². The Hall–Kier alpha value is -3.25. The van der Waals surface area contributed by atoms with Crippen molar-refractivity contribution < 1.29 is 37.9 Å². The third-order valence-electron chi connectivity index (χ3n) is 8.11. The highest BCUT2D eigenvalue weighted by molar-refractivity contribution is 6.45. The van der Waals surface area contributed by atoms with Gasteiger partial charge in [0.15, 0.2) is 0 Å². The van der Waals surface area contributed by atoms with Crippen molar-refractivity contribution in [1.29, 1.82) is 0 Å². The monoisotopic (exact) mass is 657 g/mol. The van der Waals surface area contributed by atoms with Crippen LogP contribution in [0.15, 0.2) is 42.7 Å². The van der Waals surface area contributed by atoms with Gasteiger partial charge in [0.25, 0.3) is 0 Å². The summed E-state index contributed by atoms with van der Waals surface area (Å²) < 4.78 is 28.8. The zero-order valence-corrected chi connectivity index (χ0v) is 29.8. The molecule has 11 nitrogen and oxygen atoms in total. The second-order valence-corrected chi connectivity index (χ2v) is 15.0. The maximum Gasteiger partial charge on any atom is 0.525 e. The zero-order chi connectivity index (χ0) is 34.9. The summed E-state index contributed by atoms with van der Waals surface area (Å²) in [6, 6.07) is 9.40. The van der Waals surface area contributed by atoms with Crippen molar-refractivity contribution in [1.82, 2.24) is 15.1 Å². The Morgan fingerprint density at radius 1 is 0.915 bits per heavy atom. The van der Waals surface area contributed by atoms with Gasteiger partial charge in [-0.15, -0.1) is 0 Å². The number of amides is 2. The lowest BCUT2D eigenvalue weighted by atomic mass is 9.80. The number of alkyl carbamates (subject to hydrolysis) is 1. The van der Waals surface area contributed by atoms with Gasteiger partial charge in [-0.05, 0) is 93.1 Å². The lowest BCUT2D eigenvalue weighted by Crippen LogP contribution is -2.57. The Labute approximate surface area is 281 Å². The first-order valence-corrected chi connectivity index (χ1v) is 16.8. The van der Waals surface area contributed by atoms with Gasteiger partial charge in [0.1, 0.15) is 28.9 Å². The molecule has 2 aliphatic rings. The standard InChI is InChI=1S/C35H56BN3O8/c1-27-34(8,9)47-36(46-27)20-14-13-18-35(29(40)44-32(2,3)4,37-30(41)43-26-28-16-11-10-12-17-28)19-15-21-38-22-24-39(25-23-38)31(42)45-33(5,6)7/h10-12,16-17H,1,13-15,18-26H2,2-9H3,(H,37,41). The highest BCUT2D eigenvalue weighted by atomic mass is 16.7. The van der Waals surface area contributed by atoms with Crippen molar-refractivity contribution in [2.24, 2.45) is 0 Å².